The highest BCUT2D eigenvalue weighted by atomic mass is 79.9. The van der Waals surface area contributed by atoms with Crippen LogP contribution in [0.5, 0.6) is 5.75 Å². The van der Waals surface area contributed by atoms with E-state index in [1.807, 2.05) is 6.07 Å². The largest absolute Gasteiger partial charge is 0.434 e. The average molecular weight is 397 g/mol. The van der Waals surface area contributed by atoms with Gasteiger partial charge in [0, 0.05) is 27.3 Å². The van der Waals surface area contributed by atoms with Crippen LogP contribution in [0, 0.1) is 0 Å². The molecule has 0 radical (unpaired) electrons. The van der Waals surface area contributed by atoms with Gasteiger partial charge in [-0.15, -0.1) is 0 Å². The van der Waals surface area contributed by atoms with E-state index in [0.717, 1.165) is 10.2 Å². The third-order valence-corrected chi connectivity index (χ3v) is 4.11. The van der Waals surface area contributed by atoms with Crippen molar-refractivity contribution >= 4 is 44.8 Å². The van der Waals surface area contributed by atoms with Gasteiger partial charge in [0.05, 0.1) is 5.02 Å². The van der Waals surface area contributed by atoms with Gasteiger partial charge in [-0.1, -0.05) is 23.2 Å². The van der Waals surface area contributed by atoms with Crippen LogP contribution in [0.25, 0.3) is 0 Å². The second kappa shape index (κ2) is 7.29. The van der Waals surface area contributed by atoms with Gasteiger partial charge >= 0.3 is 6.61 Å². The van der Waals surface area contributed by atoms with E-state index in [9.17, 15) is 8.78 Å². The van der Waals surface area contributed by atoms with Crippen molar-refractivity contribution in [2.24, 2.45) is 0 Å². The topological polar surface area (TPSA) is 21.3 Å². The van der Waals surface area contributed by atoms with Crippen molar-refractivity contribution in [1.29, 1.82) is 0 Å². The molecular formula is C14H10BrCl2F2NO. The van der Waals surface area contributed by atoms with Crippen LogP contribution < -0.4 is 10.1 Å². The summed E-state index contributed by atoms with van der Waals surface area (Å²) in [5.74, 6) is 0.0881. The zero-order chi connectivity index (χ0) is 15.4. The van der Waals surface area contributed by atoms with Gasteiger partial charge in [-0.25, -0.2) is 0 Å². The minimum atomic E-state index is -2.88. The fourth-order valence-electron chi connectivity index (χ4n) is 1.70. The second-order valence-electron chi connectivity index (χ2n) is 4.11. The normalized spacial score (nSPS) is 10.8. The van der Waals surface area contributed by atoms with Crippen molar-refractivity contribution in [3.8, 4) is 5.75 Å². The highest BCUT2D eigenvalue weighted by molar-refractivity contribution is 9.10. The number of hydrogen-bond donors (Lipinski definition) is 1. The van der Waals surface area contributed by atoms with Crippen molar-refractivity contribution in [3.05, 3.63) is 56.5 Å². The molecule has 2 nitrogen and oxygen atoms in total. The highest BCUT2D eigenvalue weighted by Crippen LogP contribution is 2.28. The molecule has 0 unspecified atom stereocenters. The lowest BCUT2D eigenvalue weighted by atomic mass is 10.2. The summed E-state index contributed by atoms with van der Waals surface area (Å²) >= 11 is 15.2. The molecule has 0 aliphatic heterocycles. The summed E-state index contributed by atoms with van der Waals surface area (Å²) in [7, 11) is 0. The van der Waals surface area contributed by atoms with Crippen molar-refractivity contribution in [2.75, 3.05) is 5.32 Å². The Hall–Kier alpha value is -1.04. The molecule has 0 aromatic heterocycles. The van der Waals surface area contributed by atoms with Gasteiger partial charge in [0.25, 0.3) is 0 Å². The molecule has 0 atom stereocenters. The van der Waals surface area contributed by atoms with Crippen LogP contribution >= 0.6 is 39.1 Å². The predicted molar refractivity (Wildman–Crippen MR) is 84.6 cm³/mol. The Bertz CT molecular complexity index is 640. The van der Waals surface area contributed by atoms with E-state index in [4.69, 9.17) is 23.2 Å². The van der Waals surface area contributed by atoms with Crippen molar-refractivity contribution in [1.82, 2.24) is 0 Å². The summed E-state index contributed by atoms with van der Waals surface area (Å²) in [6.07, 6.45) is 0. The minimum Gasteiger partial charge on any atom is -0.434 e. The van der Waals surface area contributed by atoms with Crippen LogP contribution in [-0.4, -0.2) is 6.61 Å². The Kier molecular flexibility index (Phi) is 5.67. The highest BCUT2D eigenvalue weighted by Gasteiger charge is 2.10. The van der Waals surface area contributed by atoms with Crippen LogP contribution in [0.3, 0.4) is 0 Å². The van der Waals surface area contributed by atoms with E-state index >= 15 is 0 Å². The smallest absolute Gasteiger partial charge is 0.387 e. The number of halogens is 5. The number of alkyl halides is 2. The number of anilines is 1. The van der Waals surface area contributed by atoms with Gasteiger partial charge in [-0.05, 0) is 52.3 Å². The molecule has 0 saturated heterocycles. The molecule has 0 spiro atoms. The first kappa shape index (κ1) is 16.3. The van der Waals surface area contributed by atoms with E-state index in [-0.39, 0.29) is 12.3 Å². The fraction of sp³-hybridized carbons (Fsp3) is 0.143. The maximum atomic E-state index is 12.4. The van der Waals surface area contributed by atoms with Gasteiger partial charge in [0.15, 0.2) is 0 Å². The first-order valence-electron chi connectivity index (χ1n) is 5.88. The van der Waals surface area contributed by atoms with Gasteiger partial charge in [0.1, 0.15) is 5.75 Å². The number of ether oxygens (including phenoxy) is 1. The molecule has 2 aromatic carbocycles. The third kappa shape index (κ3) is 4.73. The molecule has 21 heavy (non-hydrogen) atoms. The Balaban J connectivity index is 2.14. The van der Waals surface area contributed by atoms with Gasteiger partial charge in [0.2, 0.25) is 0 Å². The average Bonchev–Trinajstić information content (AvgIpc) is 2.42. The van der Waals surface area contributed by atoms with Crippen molar-refractivity contribution in [2.45, 2.75) is 13.2 Å². The second-order valence-corrected chi connectivity index (χ2v) is 5.81. The first-order valence-corrected chi connectivity index (χ1v) is 7.43. The number of benzene rings is 2. The molecule has 1 N–H and O–H groups in total. The van der Waals surface area contributed by atoms with E-state index < -0.39 is 6.61 Å². The molecule has 0 aliphatic carbocycles. The molecule has 0 saturated carbocycles. The maximum absolute atomic E-state index is 12.4. The summed E-state index contributed by atoms with van der Waals surface area (Å²) in [6, 6.07) is 9.82. The molecule has 0 heterocycles. The lowest BCUT2D eigenvalue weighted by molar-refractivity contribution is -0.0504. The predicted octanol–water partition coefficient (Wildman–Crippen LogP) is 5.97. The Morgan fingerprint density at radius 1 is 1.14 bits per heavy atom. The fourth-order valence-corrected chi connectivity index (χ4v) is 2.32. The SMILES string of the molecule is FC(F)Oc1ccc(Cl)cc1CNc1ccc(Br)c(Cl)c1. The summed E-state index contributed by atoms with van der Waals surface area (Å²) in [5.41, 5.74) is 1.29. The van der Waals surface area contributed by atoms with Crippen LogP contribution in [-0.2, 0) is 6.54 Å². The monoisotopic (exact) mass is 395 g/mol. The molecular weight excluding hydrogens is 387 g/mol. The van der Waals surface area contributed by atoms with Crippen molar-refractivity contribution in [3.63, 3.8) is 0 Å². The van der Waals surface area contributed by atoms with Gasteiger partial charge < -0.3 is 10.1 Å². The van der Waals surface area contributed by atoms with Crippen LogP contribution in [0.4, 0.5) is 14.5 Å². The summed E-state index contributed by atoms with van der Waals surface area (Å²) in [6.45, 7) is -2.60. The summed E-state index contributed by atoms with van der Waals surface area (Å²) < 4.78 is 30.0. The summed E-state index contributed by atoms with van der Waals surface area (Å²) in [5, 5.41) is 4.08. The number of rotatable bonds is 5. The van der Waals surface area contributed by atoms with Crippen LogP contribution in [0.1, 0.15) is 5.56 Å². The van der Waals surface area contributed by atoms with Crippen molar-refractivity contribution < 1.29 is 13.5 Å². The summed E-state index contributed by atoms with van der Waals surface area (Å²) in [4.78, 5) is 0. The molecule has 0 aliphatic rings. The van der Waals surface area contributed by atoms with Gasteiger partial charge in [-0.2, -0.15) is 8.78 Å². The maximum Gasteiger partial charge on any atom is 0.387 e. The standard InChI is InChI=1S/C14H10BrCl2F2NO/c15-11-3-2-10(6-12(11)17)20-7-8-5-9(16)1-4-13(8)21-14(18)19/h1-6,14,20H,7H2. The zero-order valence-corrected chi connectivity index (χ0v) is 13.6. The van der Waals surface area contributed by atoms with E-state index in [1.54, 1.807) is 18.2 Å². The molecule has 2 aromatic rings. The lowest BCUT2D eigenvalue weighted by Crippen LogP contribution is -2.07. The molecule has 2 rings (SSSR count). The number of nitrogens with one attached hydrogen (secondary N) is 1. The lowest BCUT2D eigenvalue weighted by Gasteiger charge is -2.13. The molecule has 0 bridgehead atoms. The molecule has 0 fully saturated rings. The Morgan fingerprint density at radius 2 is 1.90 bits per heavy atom. The Labute approximate surface area is 139 Å². The Morgan fingerprint density at radius 3 is 2.57 bits per heavy atom. The number of hydrogen-bond acceptors (Lipinski definition) is 2. The zero-order valence-electron chi connectivity index (χ0n) is 10.5. The van der Waals surface area contributed by atoms with Gasteiger partial charge in [-0.3, -0.25) is 0 Å². The molecule has 7 heteroatoms. The van der Waals surface area contributed by atoms with Crippen LogP contribution in [0.15, 0.2) is 40.9 Å². The quantitative estimate of drug-likeness (QED) is 0.672. The third-order valence-electron chi connectivity index (χ3n) is 2.64. The van der Waals surface area contributed by atoms with E-state index in [2.05, 4.69) is 26.0 Å². The first-order chi connectivity index (χ1) is 9.95. The van der Waals surface area contributed by atoms with E-state index in [0.29, 0.717) is 15.6 Å². The molecule has 0 amide bonds. The van der Waals surface area contributed by atoms with Crippen LogP contribution in [0.2, 0.25) is 10.0 Å². The minimum absolute atomic E-state index is 0.0881. The van der Waals surface area contributed by atoms with E-state index in [1.165, 1.54) is 12.1 Å². The molecule has 112 valence electrons.